The third-order valence-electron chi connectivity index (χ3n) is 3.87. The smallest absolute Gasteiger partial charge is 0.427 e. The average Bonchev–Trinajstić information content (AvgIpc) is 2.87. The summed E-state index contributed by atoms with van der Waals surface area (Å²) in [7, 11) is 0. The molecule has 0 aliphatic heterocycles. The van der Waals surface area contributed by atoms with E-state index < -0.39 is 6.09 Å². The fourth-order valence-corrected chi connectivity index (χ4v) is 2.87. The lowest BCUT2D eigenvalue weighted by molar-refractivity contribution is 0.143. The van der Waals surface area contributed by atoms with Gasteiger partial charge in [-0.2, -0.15) is 5.10 Å². The second kappa shape index (κ2) is 6.65. The van der Waals surface area contributed by atoms with Crippen LogP contribution >= 0.6 is 0 Å². The zero-order chi connectivity index (χ0) is 16.2. The van der Waals surface area contributed by atoms with Crippen LogP contribution < -0.4 is 5.43 Å². The lowest BCUT2D eigenvalue weighted by atomic mass is 9.98. The van der Waals surface area contributed by atoms with Crippen molar-refractivity contribution >= 4 is 12.3 Å². The number of fused-ring (bicyclic) bond motifs is 3. The van der Waals surface area contributed by atoms with Crippen molar-refractivity contribution in [2.45, 2.75) is 19.8 Å². The Labute approximate surface area is 136 Å². The molecule has 0 unspecified atom stereocenters. The first-order valence-corrected chi connectivity index (χ1v) is 7.81. The summed E-state index contributed by atoms with van der Waals surface area (Å²) in [5.41, 5.74) is 7.23. The molecule has 0 spiro atoms. The van der Waals surface area contributed by atoms with Gasteiger partial charge in [0.15, 0.2) is 0 Å². The zero-order valence-corrected chi connectivity index (χ0v) is 13.3. The van der Waals surface area contributed by atoms with Gasteiger partial charge in [-0.25, -0.2) is 10.2 Å². The van der Waals surface area contributed by atoms with Crippen LogP contribution in [0.4, 0.5) is 4.79 Å². The molecule has 3 rings (SSSR count). The first kappa shape index (κ1) is 15.3. The Morgan fingerprint density at radius 2 is 1.70 bits per heavy atom. The molecule has 2 aromatic rings. The molecule has 118 valence electrons. The summed E-state index contributed by atoms with van der Waals surface area (Å²) < 4.78 is 5.36. The lowest BCUT2D eigenvalue weighted by Gasteiger charge is -2.13. The number of hydrogen-bond acceptors (Lipinski definition) is 3. The van der Waals surface area contributed by atoms with Crippen LogP contribution in [-0.2, 0) is 4.74 Å². The highest BCUT2D eigenvalue weighted by molar-refractivity contribution is 5.79. The van der Waals surface area contributed by atoms with Crippen molar-refractivity contribution in [2.24, 2.45) is 11.0 Å². The highest BCUT2D eigenvalue weighted by Crippen LogP contribution is 2.44. The number of benzene rings is 2. The zero-order valence-electron chi connectivity index (χ0n) is 13.3. The van der Waals surface area contributed by atoms with E-state index in [1.807, 2.05) is 38.1 Å². The van der Waals surface area contributed by atoms with Gasteiger partial charge in [0, 0.05) is 12.1 Å². The van der Waals surface area contributed by atoms with Gasteiger partial charge in [0.05, 0.1) is 0 Å². The Balaban J connectivity index is 1.72. The highest BCUT2D eigenvalue weighted by atomic mass is 16.6. The molecule has 0 atom stereocenters. The van der Waals surface area contributed by atoms with Gasteiger partial charge in [-0.05, 0) is 28.2 Å². The number of nitrogens with zero attached hydrogens (tertiary/aromatic N) is 1. The predicted molar refractivity (Wildman–Crippen MR) is 91.5 cm³/mol. The Kier molecular flexibility index (Phi) is 4.42. The maximum Gasteiger partial charge on any atom is 0.427 e. The molecule has 0 bridgehead atoms. The molecule has 2 aromatic carbocycles. The van der Waals surface area contributed by atoms with E-state index in [0.717, 1.165) is 0 Å². The van der Waals surface area contributed by atoms with Crippen LogP contribution in [0, 0.1) is 5.92 Å². The van der Waals surface area contributed by atoms with E-state index in [1.165, 1.54) is 22.3 Å². The molecule has 1 N–H and O–H groups in total. The van der Waals surface area contributed by atoms with Gasteiger partial charge in [0.25, 0.3) is 0 Å². The average molecular weight is 308 g/mol. The number of ether oxygens (including phenoxy) is 1. The maximum absolute atomic E-state index is 11.8. The summed E-state index contributed by atoms with van der Waals surface area (Å²) in [6, 6.07) is 16.5. The molecule has 23 heavy (non-hydrogen) atoms. The van der Waals surface area contributed by atoms with Crippen molar-refractivity contribution in [3.8, 4) is 11.1 Å². The highest BCUT2D eigenvalue weighted by Gasteiger charge is 2.28. The fourth-order valence-electron chi connectivity index (χ4n) is 2.87. The minimum Gasteiger partial charge on any atom is -0.447 e. The van der Waals surface area contributed by atoms with Crippen molar-refractivity contribution in [2.75, 3.05) is 6.61 Å². The molecule has 0 heterocycles. The van der Waals surface area contributed by atoms with Gasteiger partial charge in [-0.15, -0.1) is 0 Å². The first-order chi connectivity index (χ1) is 11.2. The SMILES string of the molecule is CC(C)/C=N\NC(=O)OCC1c2ccccc2-c2ccccc21. The van der Waals surface area contributed by atoms with Gasteiger partial charge < -0.3 is 4.74 Å². The van der Waals surface area contributed by atoms with E-state index in [-0.39, 0.29) is 11.8 Å². The summed E-state index contributed by atoms with van der Waals surface area (Å²) in [5.74, 6) is 0.353. The summed E-state index contributed by atoms with van der Waals surface area (Å²) in [5, 5.41) is 3.86. The van der Waals surface area contributed by atoms with Crippen LogP contribution in [0.1, 0.15) is 30.9 Å². The molecule has 0 saturated heterocycles. The van der Waals surface area contributed by atoms with Crippen molar-refractivity contribution in [1.29, 1.82) is 0 Å². The van der Waals surface area contributed by atoms with Crippen molar-refractivity contribution in [3.05, 3.63) is 59.7 Å². The fraction of sp³-hybridized carbons (Fsp3) is 0.263. The first-order valence-electron chi connectivity index (χ1n) is 7.81. The topological polar surface area (TPSA) is 50.7 Å². The van der Waals surface area contributed by atoms with E-state index in [0.29, 0.717) is 6.61 Å². The Morgan fingerprint density at radius 3 is 2.26 bits per heavy atom. The van der Waals surface area contributed by atoms with Crippen molar-refractivity contribution in [3.63, 3.8) is 0 Å². The van der Waals surface area contributed by atoms with E-state index in [2.05, 4.69) is 34.8 Å². The quantitative estimate of drug-likeness (QED) is 0.681. The second-order valence-corrected chi connectivity index (χ2v) is 5.96. The monoisotopic (exact) mass is 308 g/mol. The van der Waals surface area contributed by atoms with Gasteiger partial charge in [-0.1, -0.05) is 62.4 Å². The molecule has 1 aliphatic carbocycles. The van der Waals surface area contributed by atoms with Crippen LogP contribution in [0.2, 0.25) is 0 Å². The number of hydrazone groups is 1. The van der Waals surface area contributed by atoms with Crippen LogP contribution in [0.3, 0.4) is 0 Å². The predicted octanol–water partition coefficient (Wildman–Crippen LogP) is 4.17. The van der Waals surface area contributed by atoms with Gasteiger partial charge in [0.1, 0.15) is 6.61 Å². The van der Waals surface area contributed by atoms with Crippen LogP contribution in [0.25, 0.3) is 11.1 Å². The molecular weight excluding hydrogens is 288 g/mol. The molecule has 0 fully saturated rings. The van der Waals surface area contributed by atoms with Gasteiger partial charge in [-0.3, -0.25) is 0 Å². The summed E-state index contributed by atoms with van der Waals surface area (Å²) in [6.07, 6.45) is 1.14. The third-order valence-corrected chi connectivity index (χ3v) is 3.87. The molecule has 4 nitrogen and oxygen atoms in total. The molecular formula is C19H20N2O2. The Bertz CT molecular complexity index is 692. The number of amides is 1. The van der Waals surface area contributed by atoms with E-state index in [9.17, 15) is 4.79 Å². The number of hydrogen-bond donors (Lipinski definition) is 1. The van der Waals surface area contributed by atoms with Crippen LogP contribution in [0.15, 0.2) is 53.6 Å². The second-order valence-electron chi connectivity index (χ2n) is 5.96. The van der Waals surface area contributed by atoms with E-state index in [4.69, 9.17) is 4.74 Å². The van der Waals surface area contributed by atoms with Gasteiger partial charge >= 0.3 is 6.09 Å². The number of carbonyl (C=O) groups excluding carboxylic acids is 1. The molecule has 1 aliphatic rings. The number of nitrogens with one attached hydrogen (secondary N) is 1. The van der Waals surface area contributed by atoms with Crippen LogP contribution in [-0.4, -0.2) is 18.9 Å². The standard InChI is InChI=1S/C19H20N2O2/c1-13(2)11-20-21-19(22)23-12-18-16-9-5-3-7-14(16)15-8-4-6-10-17(15)18/h3-11,13,18H,12H2,1-2H3,(H,21,22)/b20-11-. The maximum atomic E-state index is 11.8. The van der Waals surface area contributed by atoms with Crippen molar-refractivity contribution < 1.29 is 9.53 Å². The van der Waals surface area contributed by atoms with Crippen molar-refractivity contribution in [1.82, 2.24) is 5.43 Å². The molecule has 0 saturated carbocycles. The van der Waals surface area contributed by atoms with Gasteiger partial charge in [0.2, 0.25) is 0 Å². The largest absolute Gasteiger partial charge is 0.447 e. The Hall–Kier alpha value is -2.62. The summed E-state index contributed by atoms with van der Waals surface area (Å²) in [6.45, 7) is 4.28. The third kappa shape index (κ3) is 3.26. The molecule has 1 amide bonds. The summed E-state index contributed by atoms with van der Waals surface area (Å²) >= 11 is 0. The lowest BCUT2D eigenvalue weighted by Crippen LogP contribution is -2.22. The number of carbonyl (C=O) groups is 1. The van der Waals surface area contributed by atoms with Crippen LogP contribution in [0.5, 0.6) is 0 Å². The minimum absolute atomic E-state index is 0.0715. The molecule has 0 aromatic heterocycles. The van der Waals surface area contributed by atoms with E-state index in [1.54, 1.807) is 6.21 Å². The summed E-state index contributed by atoms with van der Waals surface area (Å²) in [4.78, 5) is 11.8. The van der Waals surface area contributed by atoms with E-state index >= 15 is 0 Å². The number of rotatable bonds is 4. The molecule has 0 radical (unpaired) electrons. The normalized spacial score (nSPS) is 13.2. The minimum atomic E-state index is -0.524. The Morgan fingerprint density at radius 1 is 1.13 bits per heavy atom. The molecule has 4 heteroatoms.